The lowest BCUT2D eigenvalue weighted by molar-refractivity contribution is 0.386. The number of nitrogens with zero attached hydrogens (tertiary/aromatic N) is 1. The van der Waals surface area contributed by atoms with Gasteiger partial charge in [0.1, 0.15) is 0 Å². The highest BCUT2D eigenvalue weighted by atomic mass is 79.9. The molecule has 0 amide bonds. The zero-order valence-electron chi connectivity index (χ0n) is 12.4. The van der Waals surface area contributed by atoms with Gasteiger partial charge in [0.05, 0.1) is 0 Å². The Bertz CT molecular complexity index is 546. The van der Waals surface area contributed by atoms with Crippen LogP contribution >= 0.6 is 15.9 Å². The Balaban J connectivity index is 2.12. The van der Waals surface area contributed by atoms with Gasteiger partial charge in [-0.15, -0.1) is 0 Å². The lowest BCUT2D eigenvalue weighted by Crippen LogP contribution is -2.14. The van der Waals surface area contributed by atoms with E-state index in [2.05, 4.69) is 84.3 Å². The molecule has 2 aromatic rings. The fraction of sp³-hybridized carbons (Fsp3) is 0.333. The first-order chi connectivity index (χ1) is 9.58. The summed E-state index contributed by atoms with van der Waals surface area (Å²) in [6.07, 6.45) is 1.20. The number of halogens is 1. The topological polar surface area (TPSA) is 3.24 Å². The number of benzene rings is 2. The summed E-state index contributed by atoms with van der Waals surface area (Å²) in [7, 11) is 4.26. The van der Waals surface area contributed by atoms with Gasteiger partial charge < -0.3 is 4.90 Å². The minimum Gasteiger partial charge on any atom is -0.309 e. The highest BCUT2D eigenvalue weighted by molar-refractivity contribution is 9.10. The summed E-state index contributed by atoms with van der Waals surface area (Å²) in [5.41, 5.74) is 3.93. The molecule has 2 rings (SSSR count). The van der Waals surface area contributed by atoms with Crippen molar-refractivity contribution in [3.05, 3.63) is 58.6 Å². The molecule has 20 heavy (non-hydrogen) atoms. The standard InChI is InChI=1S/C18H22BrN/c1-14(12-13-20(2)3)15-8-10-16(11-9-15)17-6-4-5-7-18(17)19/h4-11,14H,12-13H2,1-3H3. The summed E-state index contributed by atoms with van der Waals surface area (Å²) in [5.74, 6) is 0.602. The molecule has 0 fully saturated rings. The van der Waals surface area contributed by atoms with E-state index in [9.17, 15) is 0 Å². The molecule has 0 saturated carbocycles. The van der Waals surface area contributed by atoms with Crippen LogP contribution in [0, 0.1) is 0 Å². The molecule has 0 spiro atoms. The van der Waals surface area contributed by atoms with Gasteiger partial charge in [-0.25, -0.2) is 0 Å². The van der Waals surface area contributed by atoms with E-state index in [0.717, 1.165) is 11.0 Å². The number of hydrogen-bond donors (Lipinski definition) is 0. The second-order valence-corrected chi connectivity index (χ2v) is 6.45. The van der Waals surface area contributed by atoms with Crippen molar-refractivity contribution in [2.75, 3.05) is 20.6 Å². The highest BCUT2D eigenvalue weighted by Gasteiger charge is 2.07. The smallest absolute Gasteiger partial charge is 0.0253 e. The molecule has 1 nitrogen and oxygen atoms in total. The second-order valence-electron chi connectivity index (χ2n) is 5.59. The van der Waals surface area contributed by atoms with Crippen LogP contribution in [0.15, 0.2) is 53.0 Å². The molecule has 1 atom stereocenters. The van der Waals surface area contributed by atoms with E-state index in [4.69, 9.17) is 0 Å². The average Bonchev–Trinajstić information content (AvgIpc) is 2.45. The average molecular weight is 332 g/mol. The molecule has 0 aromatic heterocycles. The van der Waals surface area contributed by atoms with Crippen molar-refractivity contribution < 1.29 is 0 Å². The summed E-state index contributed by atoms with van der Waals surface area (Å²) in [6.45, 7) is 3.43. The van der Waals surface area contributed by atoms with E-state index in [1.54, 1.807) is 0 Å². The van der Waals surface area contributed by atoms with Gasteiger partial charge in [-0.2, -0.15) is 0 Å². The lowest BCUT2D eigenvalue weighted by atomic mass is 9.95. The van der Waals surface area contributed by atoms with Crippen LogP contribution in [0.25, 0.3) is 11.1 Å². The van der Waals surface area contributed by atoms with Crippen LogP contribution in [-0.2, 0) is 0 Å². The molecule has 2 aromatic carbocycles. The van der Waals surface area contributed by atoms with Crippen LogP contribution in [0.5, 0.6) is 0 Å². The van der Waals surface area contributed by atoms with Gasteiger partial charge >= 0.3 is 0 Å². The van der Waals surface area contributed by atoms with Crippen LogP contribution < -0.4 is 0 Å². The number of hydrogen-bond acceptors (Lipinski definition) is 1. The van der Waals surface area contributed by atoms with Crippen LogP contribution in [0.2, 0.25) is 0 Å². The molecule has 0 aliphatic carbocycles. The van der Waals surface area contributed by atoms with Gasteiger partial charge in [0.15, 0.2) is 0 Å². The third-order valence-corrected chi connectivity index (χ3v) is 4.37. The van der Waals surface area contributed by atoms with Gasteiger partial charge in [-0.3, -0.25) is 0 Å². The molecule has 0 radical (unpaired) electrons. The molecule has 0 saturated heterocycles. The molecule has 0 aliphatic heterocycles. The van der Waals surface area contributed by atoms with Crippen molar-refractivity contribution >= 4 is 15.9 Å². The molecule has 106 valence electrons. The van der Waals surface area contributed by atoms with Gasteiger partial charge in [-0.05, 0) is 55.7 Å². The maximum Gasteiger partial charge on any atom is 0.0253 e. The SMILES string of the molecule is CC(CCN(C)C)c1ccc(-c2ccccc2Br)cc1. The quantitative estimate of drug-likeness (QED) is 0.730. The van der Waals surface area contributed by atoms with E-state index in [1.165, 1.54) is 23.1 Å². The predicted octanol–water partition coefficient (Wildman–Crippen LogP) is 5.17. The minimum absolute atomic E-state index is 0.602. The summed E-state index contributed by atoms with van der Waals surface area (Å²) in [6, 6.07) is 17.3. The van der Waals surface area contributed by atoms with Crippen molar-refractivity contribution in [1.82, 2.24) is 4.90 Å². The van der Waals surface area contributed by atoms with E-state index < -0.39 is 0 Å². The van der Waals surface area contributed by atoms with Crippen molar-refractivity contribution in [3.63, 3.8) is 0 Å². The molecule has 0 aliphatic rings. The van der Waals surface area contributed by atoms with E-state index in [0.29, 0.717) is 5.92 Å². The summed E-state index contributed by atoms with van der Waals surface area (Å²) in [4.78, 5) is 2.24. The molecule has 2 heteroatoms. The third kappa shape index (κ3) is 3.94. The van der Waals surface area contributed by atoms with E-state index in [-0.39, 0.29) is 0 Å². The normalized spacial score (nSPS) is 12.7. The Morgan fingerprint density at radius 1 is 1.00 bits per heavy atom. The fourth-order valence-corrected chi connectivity index (χ4v) is 2.82. The first-order valence-electron chi connectivity index (χ1n) is 7.07. The van der Waals surface area contributed by atoms with Crippen molar-refractivity contribution in [1.29, 1.82) is 0 Å². The van der Waals surface area contributed by atoms with Gasteiger partial charge in [0.2, 0.25) is 0 Å². The Labute approximate surface area is 130 Å². The Morgan fingerprint density at radius 2 is 1.65 bits per heavy atom. The van der Waals surface area contributed by atoms with Gasteiger partial charge in [0, 0.05) is 4.47 Å². The highest BCUT2D eigenvalue weighted by Crippen LogP contribution is 2.29. The maximum atomic E-state index is 3.62. The number of rotatable bonds is 5. The molecule has 0 heterocycles. The van der Waals surface area contributed by atoms with Crippen molar-refractivity contribution in [2.24, 2.45) is 0 Å². The van der Waals surface area contributed by atoms with Crippen molar-refractivity contribution in [3.8, 4) is 11.1 Å². The van der Waals surface area contributed by atoms with Gasteiger partial charge in [-0.1, -0.05) is 65.3 Å². The Morgan fingerprint density at radius 3 is 2.25 bits per heavy atom. The lowest BCUT2D eigenvalue weighted by Gasteiger charge is -2.16. The van der Waals surface area contributed by atoms with E-state index >= 15 is 0 Å². The molecule has 1 unspecified atom stereocenters. The minimum atomic E-state index is 0.602. The predicted molar refractivity (Wildman–Crippen MR) is 91.2 cm³/mol. The van der Waals surface area contributed by atoms with Crippen LogP contribution in [0.4, 0.5) is 0 Å². The Hall–Kier alpha value is -1.12. The largest absolute Gasteiger partial charge is 0.309 e. The molecular weight excluding hydrogens is 310 g/mol. The molecule has 0 bridgehead atoms. The van der Waals surface area contributed by atoms with Crippen LogP contribution in [0.1, 0.15) is 24.8 Å². The van der Waals surface area contributed by atoms with Crippen molar-refractivity contribution in [2.45, 2.75) is 19.3 Å². The zero-order valence-corrected chi connectivity index (χ0v) is 14.0. The van der Waals surface area contributed by atoms with Gasteiger partial charge in [0.25, 0.3) is 0 Å². The van der Waals surface area contributed by atoms with Crippen LogP contribution in [0.3, 0.4) is 0 Å². The first kappa shape index (κ1) is 15.3. The summed E-state index contributed by atoms with van der Waals surface area (Å²) in [5, 5.41) is 0. The zero-order chi connectivity index (χ0) is 14.5. The molecular formula is C18H22BrN. The Kier molecular flexibility index (Phi) is 5.38. The second kappa shape index (κ2) is 7.05. The maximum absolute atomic E-state index is 3.62. The molecule has 0 N–H and O–H groups in total. The fourth-order valence-electron chi connectivity index (χ4n) is 2.31. The summed E-state index contributed by atoms with van der Waals surface area (Å²) >= 11 is 3.62. The summed E-state index contributed by atoms with van der Waals surface area (Å²) < 4.78 is 1.15. The first-order valence-corrected chi connectivity index (χ1v) is 7.87. The van der Waals surface area contributed by atoms with E-state index in [1.807, 2.05) is 6.07 Å². The van der Waals surface area contributed by atoms with Crippen LogP contribution in [-0.4, -0.2) is 25.5 Å². The monoisotopic (exact) mass is 331 g/mol. The third-order valence-electron chi connectivity index (χ3n) is 3.67.